The lowest BCUT2D eigenvalue weighted by Gasteiger charge is -2.13. The Balaban J connectivity index is 2.01. The Morgan fingerprint density at radius 3 is 2.89 bits per heavy atom. The highest BCUT2D eigenvalue weighted by Crippen LogP contribution is 2.24. The predicted molar refractivity (Wildman–Crippen MR) is 74.2 cm³/mol. The van der Waals surface area contributed by atoms with Gasteiger partial charge < -0.3 is 15.2 Å². The smallest absolute Gasteiger partial charge is 0.120 e. The number of phenolic OH excluding ortho intramolecular Hbond substituents is 1. The van der Waals surface area contributed by atoms with E-state index in [1.54, 1.807) is 30.6 Å². The van der Waals surface area contributed by atoms with Crippen molar-refractivity contribution in [2.45, 2.75) is 19.5 Å². The fraction of sp³-hybridized carbons (Fsp3) is 0.286. The first kappa shape index (κ1) is 12.9. The van der Waals surface area contributed by atoms with Gasteiger partial charge in [-0.05, 0) is 36.6 Å². The molecule has 0 aliphatic carbocycles. The number of hydrogen-bond acceptors (Lipinski definition) is 4. The number of methoxy groups -OCH3 is 1. The molecule has 0 aliphatic heterocycles. The summed E-state index contributed by atoms with van der Waals surface area (Å²) in [5.41, 5.74) is 0.845. The van der Waals surface area contributed by atoms with Gasteiger partial charge in [0.25, 0.3) is 0 Å². The Morgan fingerprint density at radius 2 is 2.22 bits per heavy atom. The quantitative estimate of drug-likeness (QED) is 0.869. The Morgan fingerprint density at radius 1 is 1.39 bits per heavy atom. The maximum atomic E-state index is 9.78. The molecule has 0 fully saturated rings. The zero-order valence-corrected chi connectivity index (χ0v) is 11.3. The molecule has 1 heterocycles. The molecule has 0 aliphatic rings. The van der Waals surface area contributed by atoms with Gasteiger partial charge in [-0.1, -0.05) is 6.07 Å². The van der Waals surface area contributed by atoms with E-state index in [2.05, 4.69) is 23.7 Å². The monoisotopic (exact) mass is 263 g/mol. The number of nitrogens with one attached hydrogen (secondary N) is 1. The van der Waals surface area contributed by atoms with Gasteiger partial charge in [0.15, 0.2) is 0 Å². The number of benzene rings is 1. The van der Waals surface area contributed by atoms with Gasteiger partial charge in [0, 0.05) is 23.0 Å². The van der Waals surface area contributed by atoms with Crippen LogP contribution in [0.15, 0.2) is 35.7 Å². The maximum absolute atomic E-state index is 9.78. The summed E-state index contributed by atoms with van der Waals surface area (Å²) in [5, 5.41) is 15.2. The lowest BCUT2D eigenvalue weighted by atomic mass is 10.1. The van der Waals surface area contributed by atoms with E-state index in [-0.39, 0.29) is 6.04 Å². The van der Waals surface area contributed by atoms with Crippen LogP contribution < -0.4 is 10.1 Å². The molecule has 1 aromatic carbocycles. The van der Waals surface area contributed by atoms with E-state index in [4.69, 9.17) is 4.74 Å². The minimum Gasteiger partial charge on any atom is -0.508 e. The van der Waals surface area contributed by atoms with Crippen LogP contribution in [0.3, 0.4) is 0 Å². The molecule has 0 unspecified atom stereocenters. The van der Waals surface area contributed by atoms with E-state index in [0.717, 1.165) is 11.3 Å². The first-order valence-electron chi connectivity index (χ1n) is 5.83. The number of thiophene rings is 1. The molecule has 2 aromatic rings. The molecule has 0 bridgehead atoms. The fourth-order valence-corrected chi connectivity index (χ4v) is 2.49. The molecule has 0 amide bonds. The molecule has 0 radical (unpaired) electrons. The van der Waals surface area contributed by atoms with Crippen molar-refractivity contribution in [3.05, 3.63) is 46.2 Å². The highest BCUT2D eigenvalue weighted by Gasteiger charge is 2.08. The third-order valence-corrected chi connectivity index (χ3v) is 3.91. The summed E-state index contributed by atoms with van der Waals surface area (Å²) in [6.45, 7) is 2.73. The lowest BCUT2D eigenvalue weighted by molar-refractivity contribution is 0.409. The molecule has 1 atom stereocenters. The highest BCUT2D eigenvalue weighted by atomic mass is 32.1. The van der Waals surface area contributed by atoms with Crippen molar-refractivity contribution < 1.29 is 9.84 Å². The zero-order chi connectivity index (χ0) is 13.0. The van der Waals surface area contributed by atoms with Crippen LogP contribution in [-0.2, 0) is 6.54 Å². The van der Waals surface area contributed by atoms with Crippen molar-refractivity contribution in [2.75, 3.05) is 7.11 Å². The zero-order valence-electron chi connectivity index (χ0n) is 10.5. The number of phenols is 1. The van der Waals surface area contributed by atoms with Crippen LogP contribution in [0, 0.1) is 0 Å². The molecule has 0 saturated carbocycles. The standard InChI is InChI=1S/C14H17NO2S/c1-10(14-4-3-7-18-14)15-9-11-8-12(17-2)5-6-13(11)16/h3-8,10,15-16H,9H2,1-2H3/t10-/m0/s1. The van der Waals surface area contributed by atoms with Gasteiger partial charge in [0.1, 0.15) is 11.5 Å². The predicted octanol–water partition coefficient (Wildman–Crippen LogP) is 3.31. The molecule has 3 nitrogen and oxygen atoms in total. The largest absolute Gasteiger partial charge is 0.508 e. The fourth-order valence-electron chi connectivity index (χ4n) is 1.73. The van der Waals surface area contributed by atoms with Gasteiger partial charge >= 0.3 is 0 Å². The molecular formula is C14H17NO2S. The van der Waals surface area contributed by atoms with E-state index >= 15 is 0 Å². The average molecular weight is 263 g/mol. The topological polar surface area (TPSA) is 41.5 Å². The molecule has 18 heavy (non-hydrogen) atoms. The van der Waals surface area contributed by atoms with Crippen LogP contribution in [0.2, 0.25) is 0 Å². The summed E-state index contributed by atoms with van der Waals surface area (Å²) in [6, 6.07) is 9.68. The second-order valence-electron chi connectivity index (χ2n) is 4.11. The summed E-state index contributed by atoms with van der Waals surface area (Å²) in [5.74, 6) is 1.05. The van der Waals surface area contributed by atoms with Crippen LogP contribution in [0.1, 0.15) is 23.4 Å². The molecule has 2 N–H and O–H groups in total. The molecule has 96 valence electrons. The van der Waals surface area contributed by atoms with E-state index in [1.165, 1.54) is 4.88 Å². The first-order valence-corrected chi connectivity index (χ1v) is 6.71. The van der Waals surface area contributed by atoms with Crippen molar-refractivity contribution in [3.8, 4) is 11.5 Å². The molecule has 2 rings (SSSR count). The SMILES string of the molecule is COc1ccc(O)c(CN[C@@H](C)c2cccs2)c1. The summed E-state index contributed by atoms with van der Waals surface area (Å²) in [4.78, 5) is 1.29. The van der Waals surface area contributed by atoms with Crippen molar-refractivity contribution >= 4 is 11.3 Å². The van der Waals surface area contributed by atoms with E-state index in [9.17, 15) is 5.11 Å². The van der Waals surface area contributed by atoms with Crippen molar-refractivity contribution in [2.24, 2.45) is 0 Å². The lowest BCUT2D eigenvalue weighted by Crippen LogP contribution is -2.17. The van der Waals surface area contributed by atoms with E-state index in [0.29, 0.717) is 12.3 Å². The van der Waals surface area contributed by atoms with E-state index in [1.807, 2.05) is 12.1 Å². The van der Waals surface area contributed by atoms with Gasteiger partial charge in [-0.2, -0.15) is 0 Å². The van der Waals surface area contributed by atoms with Gasteiger partial charge in [-0.15, -0.1) is 11.3 Å². The molecule has 0 saturated heterocycles. The van der Waals surface area contributed by atoms with Crippen molar-refractivity contribution in [1.82, 2.24) is 5.32 Å². The molecule has 1 aromatic heterocycles. The molecule has 0 spiro atoms. The van der Waals surface area contributed by atoms with Crippen LogP contribution in [0.5, 0.6) is 11.5 Å². The third kappa shape index (κ3) is 3.03. The highest BCUT2D eigenvalue weighted by molar-refractivity contribution is 7.10. The Hall–Kier alpha value is -1.52. The minimum atomic E-state index is 0.274. The summed E-state index contributed by atoms with van der Waals surface area (Å²) < 4.78 is 5.15. The minimum absolute atomic E-state index is 0.274. The number of aromatic hydroxyl groups is 1. The van der Waals surface area contributed by atoms with Gasteiger partial charge in [0.05, 0.1) is 7.11 Å². The van der Waals surface area contributed by atoms with Gasteiger partial charge in [-0.3, -0.25) is 0 Å². The van der Waals surface area contributed by atoms with Crippen LogP contribution in [-0.4, -0.2) is 12.2 Å². The maximum Gasteiger partial charge on any atom is 0.120 e. The van der Waals surface area contributed by atoms with Crippen molar-refractivity contribution in [3.63, 3.8) is 0 Å². The Labute approximate surface area is 111 Å². The van der Waals surface area contributed by atoms with Gasteiger partial charge in [-0.25, -0.2) is 0 Å². The normalized spacial score (nSPS) is 12.3. The van der Waals surface area contributed by atoms with E-state index < -0.39 is 0 Å². The summed E-state index contributed by atoms with van der Waals surface area (Å²) in [6.07, 6.45) is 0. The Kier molecular flexibility index (Phi) is 4.23. The summed E-state index contributed by atoms with van der Waals surface area (Å²) >= 11 is 1.73. The summed E-state index contributed by atoms with van der Waals surface area (Å²) in [7, 11) is 1.62. The van der Waals surface area contributed by atoms with Crippen LogP contribution in [0.25, 0.3) is 0 Å². The second-order valence-corrected chi connectivity index (χ2v) is 5.09. The molecular weight excluding hydrogens is 246 g/mol. The number of rotatable bonds is 5. The first-order chi connectivity index (χ1) is 8.70. The Bertz CT molecular complexity index is 497. The molecule has 4 heteroatoms. The van der Waals surface area contributed by atoms with Crippen LogP contribution >= 0.6 is 11.3 Å². The second kappa shape index (κ2) is 5.89. The average Bonchev–Trinajstić information content (AvgIpc) is 2.91. The third-order valence-electron chi connectivity index (χ3n) is 2.86. The van der Waals surface area contributed by atoms with Crippen molar-refractivity contribution in [1.29, 1.82) is 0 Å². The number of ether oxygens (including phenoxy) is 1. The van der Waals surface area contributed by atoms with Crippen LogP contribution in [0.4, 0.5) is 0 Å². The number of hydrogen-bond donors (Lipinski definition) is 2. The van der Waals surface area contributed by atoms with Gasteiger partial charge in [0.2, 0.25) is 0 Å².